The summed E-state index contributed by atoms with van der Waals surface area (Å²) in [7, 11) is 0. The van der Waals surface area contributed by atoms with Crippen molar-refractivity contribution < 1.29 is 14.7 Å². The van der Waals surface area contributed by atoms with Crippen LogP contribution in [0.2, 0.25) is 0 Å². The molecule has 2 unspecified atom stereocenters. The van der Waals surface area contributed by atoms with Gasteiger partial charge in [0.25, 0.3) is 0 Å². The average molecular weight is 371 g/mol. The molecule has 1 aliphatic carbocycles. The number of hydrogen-bond donors (Lipinski definition) is 2. The number of amides is 2. The smallest absolute Gasteiger partial charge is 0.317 e. The number of benzene rings is 1. The van der Waals surface area contributed by atoms with Gasteiger partial charge < -0.3 is 15.3 Å². The predicted molar refractivity (Wildman–Crippen MR) is 102 cm³/mol. The number of carbonyl (C=O) groups is 2. The number of hydrogen-bond acceptors (Lipinski definition) is 3. The number of carboxylic acid groups (broad SMARTS) is 1. The molecule has 1 aromatic rings. The van der Waals surface area contributed by atoms with Crippen molar-refractivity contribution in [2.75, 3.05) is 32.7 Å². The maximum Gasteiger partial charge on any atom is 0.317 e. The topological polar surface area (TPSA) is 72.9 Å². The Balaban J connectivity index is 1.20. The molecule has 2 atom stereocenters. The first-order valence-corrected chi connectivity index (χ1v) is 10.1. The lowest BCUT2D eigenvalue weighted by Gasteiger charge is -2.28. The number of carbonyl (C=O) groups excluding carboxylic acids is 1. The maximum atomic E-state index is 12.5. The molecule has 3 aliphatic rings. The van der Waals surface area contributed by atoms with Crippen LogP contribution in [0.1, 0.15) is 36.8 Å². The molecule has 1 aromatic carbocycles. The third kappa shape index (κ3) is 3.55. The number of likely N-dealkylation sites (tertiary alicyclic amines) is 1. The van der Waals surface area contributed by atoms with Crippen molar-refractivity contribution in [3.63, 3.8) is 0 Å². The molecule has 2 heterocycles. The zero-order valence-electron chi connectivity index (χ0n) is 15.8. The monoisotopic (exact) mass is 371 g/mol. The van der Waals surface area contributed by atoms with Crippen molar-refractivity contribution in [2.24, 2.45) is 11.3 Å². The van der Waals surface area contributed by atoms with Crippen molar-refractivity contribution in [1.29, 1.82) is 0 Å². The highest BCUT2D eigenvalue weighted by atomic mass is 16.4. The van der Waals surface area contributed by atoms with Gasteiger partial charge in [-0.3, -0.25) is 9.69 Å². The molecule has 0 aromatic heterocycles. The van der Waals surface area contributed by atoms with Crippen molar-refractivity contribution in [2.45, 2.75) is 38.6 Å². The minimum absolute atomic E-state index is 0.103. The summed E-state index contributed by atoms with van der Waals surface area (Å²) in [5.74, 6) is -0.611. The van der Waals surface area contributed by atoms with Crippen LogP contribution in [-0.2, 0) is 17.8 Å². The average Bonchev–Trinajstić information content (AvgIpc) is 3.23. The standard InChI is InChI=1S/C21H29N3O3/c25-19(26)21-9-3-7-18(21)14-24(15-21)20(27)22-10-4-11-23-12-8-16-5-1-2-6-17(16)13-23/h1-2,5-6,18H,3-4,7-15H2,(H,22,27)(H,25,26). The van der Waals surface area contributed by atoms with Gasteiger partial charge in [-0.2, -0.15) is 0 Å². The molecular formula is C21H29N3O3. The maximum absolute atomic E-state index is 12.5. The van der Waals surface area contributed by atoms with Crippen LogP contribution in [0.5, 0.6) is 0 Å². The lowest BCUT2D eigenvalue weighted by molar-refractivity contribution is -0.149. The summed E-state index contributed by atoms with van der Waals surface area (Å²) in [6, 6.07) is 8.51. The predicted octanol–water partition coefficient (Wildman–Crippen LogP) is 2.33. The van der Waals surface area contributed by atoms with E-state index in [2.05, 4.69) is 34.5 Å². The van der Waals surface area contributed by atoms with Gasteiger partial charge in [0.15, 0.2) is 0 Å². The van der Waals surface area contributed by atoms with Crippen LogP contribution in [-0.4, -0.2) is 59.6 Å². The SMILES string of the molecule is O=C(NCCCN1CCc2ccccc2C1)N1CC2CCCC2(C(=O)O)C1. The van der Waals surface area contributed by atoms with Gasteiger partial charge >= 0.3 is 12.0 Å². The van der Waals surface area contributed by atoms with Crippen LogP contribution in [0.15, 0.2) is 24.3 Å². The third-order valence-corrected chi connectivity index (χ3v) is 6.72. The fraction of sp³-hybridized carbons (Fsp3) is 0.619. The Labute approximate surface area is 160 Å². The molecule has 1 saturated carbocycles. The summed E-state index contributed by atoms with van der Waals surface area (Å²) < 4.78 is 0. The molecule has 0 spiro atoms. The van der Waals surface area contributed by atoms with Gasteiger partial charge in [-0.1, -0.05) is 30.7 Å². The molecule has 2 fully saturated rings. The third-order valence-electron chi connectivity index (χ3n) is 6.72. The summed E-state index contributed by atoms with van der Waals surface area (Å²) in [4.78, 5) is 28.4. The molecule has 4 rings (SSSR count). The molecule has 0 radical (unpaired) electrons. The Hall–Kier alpha value is -2.08. The second kappa shape index (κ2) is 7.50. The summed E-state index contributed by atoms with van der Waals surface area (Å²) >= 11 is 0. The number of carboxylic acids is 1. The van der Waals surface area contributed by atoms with E-state index in [1.807, 2.05) is 0 Å². The first kappa shape index (κ1) is 18.3. The molecule has 27 heavy (non-hydrogen) atoms. The van der Waals surface area contributed by atoms with Gasteiger partial charge in [0.2, 0.25) is 0 Å². The molecule has 146 valence electrons. The van der Waals surface area contributed by atoms with Crippen molar-refractivity contribution >= 4 is 12.0 Å². The largest absolute Gasteiger partial charge is 0.481 e. The Morgan fingerprint density at radius 3 is 2.85 bits per heavy atom. The summed E-state index contributed by atoms with van der Waals surface area (Å²) in [6.07, 6.45) is 4.59. The van der Waals surface area contributed by atoms with Crippen LogP contribution in [0.25, 0.3) is 0 Å². The normalized spacial score (nSPS) is 27.3. The van der Waals surface area contributed by atoms with E-state index in [0.717, 1.165) is 45.3 Å². The lowest BCUT2D eigenvalue weighted by Crippen LogP contribution is -2.42. The number of nitrogens with zero attached hydrogens (tertiary/aromatic N) is 2. The van der Waals surface area contributed by atoms with E-state index < -0.39 is 11.4 Å². The first-order valence-electron chi connectivity index (χ1n) is 10.1. The molecule has 2 aliphatic heterocycles. The van der Waals surface area contributed by atoms with Crippen LogP contribution >= 0.6 is 0 Å². The Bertz CT molecular complexity index is 722. The number of nitrogens with one attached hydrogen (secondary N) is 1. The number of aliphatic carboxylic acids is 1. The molecule has 6 nitrogen and oxygen atoms in total. The second-order valence-corrected chi connectivity index (χ2v) is 8.31. The molecular weight excluding hydrogens is 342 g/mol. The molecule has 2 N–H and O–H groups in total. The van der Waals surface area contributed by atoms with Crippen LogP contribution in [0, 0.1) is 11.3 Å². The van der Waals surface area contributed by atoms with Crippen LogP contribution in [0.3, 0.4) is 0 Å². The highest BCUT2D eigenvalue weighted by Gasteiger charge is 2.55. The zero-order chi connectivity index (χ0) is 18.9. The number of fused-ring (bicyclic) bond motifs is 2. The van der Waals surface area contributed by atoms with E-state index in [0.29, 0.717) is 26.1 Å². The summed E-state index contributed by atoms with van der Waals surface area (Å²) in [6.45, 7) is 4.61. The van der Waals surface area contributed by atoms with E-state index >= 15 is 0 Å². The van der Waals surface area contributed by atoms with E-state index in [1.165, 1.54) is 11.1 Å². The Kier molecular flexibility index (Phi) is 5.08. The molecule has 6 heteroatoms. The van der Waals surface area contributed by atoms with Gasteiger partial charge in [-0.25, -0.2) is 4.79 Å². The van der Waals surface area contributed by atoms with E-state index in [4.69, 9.17) is 0 Å². The quantitative estimate of drug-likeness (QED) is 0.779. The molecule has 0 bridgehead atoms. The zero-order valence-corrected chi connectivity index (χ0v) is 15.8. The Morgan fingerprint density at radius 1 is 1.26 bits per heavy atom. The van der Waals surface area contributed by atoms with Crippen molar-refractivity contribution in [3.8, 4) is 0 Å². The fourth-order valence-electron chi connectivity index (χ4n) is 5.15. The van der Waals surface area contributed by atoms with Gasteiger partial charge in [0.1, 0.15) is 0 Å². The van der Waals surface area contributed by atoms with Crippen LogP contribution < -0.4 is 5.32 Å². The number of rotatable bonds is 5. The van der Waals surface area contributed by atoms with Gasteiger partial charge in [0.05, 0.1) is 5.41 Å². The van der Waals surface area contributed by atoms with E-state index in [9.17, 15) is 14.7 Å². The number of urea groups is 1. The summed E-state index contributed by atoms with van der Waals surface area (Å²) in [5, 5.41) is 12.6. The lowest BCUT2D eigenvalue weighted by atomic mass is 9.81. The minimum atomic E-state index is -0.731. The Morgan fingerprint density at radius 2 is 2.07 bits per heavy atom. The van der Waals surface area contributed by atoms with Gasteiger partial charge in [0, 0.05) is 39.3 Å². The van der Waals surface area contributed by atoms with Crippen molar-refractivity contribution in [1.82, 2.24) is 15.1 Å². The highest BCUT2D eigenvalue weighted by molar-refractivity contribution is 5.80. The summed E-state index contributed by atoms with van der Waals surface area (Å²) in [5.41, 5.74) is 2.17. The fourth-order valence-corrected chi connectivity index (χ4v) is 5.15. The van der Waals surface area contributed by atoms with E-state index in [-0.39, 0.29) is 11.9 Å². The van der Waals surface area contributed by atoms with E-state index in [1.54, 1.807) is 4.90 Å². The van der Waals surface area contributed by atoms with Gasteiger partial charge in [-0.15, -0.1) is 0 Å². The van der Waals surface area contributed by atoms with Gasteiger partial charge in [-0.05, 0) is 42.7 Å². The first-order chi connectivity index (χ1) is 13.1. The second-order valence-electron chi connectivity index (χ2n) is 8.31. The molecule has 1 saturated heterocycles. The van der Waals surface area contributed by atoms with Crippen molar-refractivity contribution in [3.05, 3.63) is 35.4 Å². The minimum Gasteiger partial charge on any atom is -0.481 e. The highest BCUT2D eigenvalue weighted by Crippen LogP contribution is 2.48. The van der Waals surface area contributed by atoms with Crippen LogP contribution in [0.4, 0.5) is 4.79 Å². The molecule has 2 amide bonds.